The average molecular weight is 380 g/mol. The third kappa shape index (κ3) is 4.26. The van der Waals surface area contributed by atoms with Gasteiger partial charge in [-0.3, -0.25) is 0 Å². The molecule has 2 nitrogen and oxygen atoms in total. The van der Waals surface area contributed by atoms with Crippen molar-refractivity contribution in [3.05, 3.63) is 38.0 Å². The first kappa shape index (κ1) is 13.4. The van der Waals surface area contributed by atoms with Crippen LogP contribution in [0.15, 0.2) is 42.4 Å². The van der Waals surface area contributed by atoms with Crippen LogP contribution in [0.25, 0.3) is 0 Å². The van der Waals surface area contributed by atoms with Crippen molar-refractivity contribution in [2.75, 3.05) is 11.5 Å². The monoisotopic (exact) mass is 380 g/mol. The van der Waals surface area contributed by atoms with Gasteiger partial charge in [0.05, 0.1) is 9.92 Å². The molecule has 0 atom stereocenters. The van der Waals surface area contributed by atoms with Crippen LogP contribution in [0.4, 0.5) is 10.1 Å². The lowest BCUT2D eigenvalue weighted by Gasteiger charge is -2.12. The minimum Gasteiger partial charge on any atom is -0.207 e. The maximum atomic E-state index is 12.7. The van der Waals surface area contributed by atoms with Gasteiger partial charge in [-0.1, -0.05) is 0 Å². The zero-order valence-corrected chi connectivity index (χ0v) is 12.7. The number of benzene rings is 1. The molecule has 0 radical (unpaired) electrons. The number of hydrogen-bond donors (Lipinski definition) is 0. The van der Waals surface area contributed by atoms with Gasteiger partial charge in [-0.15, -0.1) is 28.6 Å². The second-order valence-corrected chi connectivity index (χ2v) is 6.80. The van der Waals surface area contributed by atoms with E-state index in [1.165, 1.54) is 22.8 Å². The highest BCUT2D eigenvalue weighted by Crippen LogP contribution is 2.39. The van der Waals surface area contributed by atoms with E-state index in [2.05, 4.69) is 32.8 Å². The minimum atomic E-state index is -0.254. The van der Waals surface area contributed by atoms with Gasteiger partial charge in [0.1, 0.15) is 9.52 Å². The quantitative estimate of drug-likeness (QED) is 0.393. The van der Waals surface area contributed by atoms with Crippen molar-refractivity contribution in [2.45, 2.75) is 6.42 Å². The van der Waals surface area contributed by atoms with Crippen LogP contribution >= 0.6 is 46.1 Å². The molecule has 1 aliphatic rings. The van der Waals surface area contributed by atoms with Gasteiger partial charge in [-0.25, -0.2) is 4.39 Å². The van der Waals surface area contributed by atoms with Crippen molar-refractivity contribution < 1.29 is 4.39 Å². The molecule has 17 heavy (non-hydrogen) atoms. The van der Waals surface area contributed by atoms with Gasteiger partial charge in [0.25, 0.3) is 0 Å². The van der Waals surface area contributed by atoms with Crippen molar-refractivity contribution in [3.63, 3.8) is 0 Å². The second kappa shape index (κ2) is 6.75. The molecule has 1 aromatic rings. The summed E-state index contributed by atoms with van der Waals surface area (Å²) in [5, 5.41) is 8.26. The first-order valence-electron chi connectivity index (χ1n) is 5.08. The molecule has 1 heterocycles. The molecule has 1 aliphatic heterocycles. The van der Waals surface area contributed by atoms with E-state index in [0.717, 1.165) is 15.2 Å². The fraction of sp³-hybridized carbons (Fsp3) is 0.273. The summed E-state index contributed by atoms with van der Waals surface area (Å²) in [6, 6.07) is 6.01. The Hall–Kier alpha value is -0.0800. The summed E-state index contributed by atoms with van der Waals surface area (Å²) in [4.78, 5) is 0. The molecule has 1 aromatic carbocycles. The molecule has 0 saturated carbocycles. The highest BCUT2D eigenvalue weighted by atomic mass is 127. The zero-order valence-electron chi connectivity index (χ0n) is 8.90. The highest BCUT2D eigenvalue weighted by molar-refractivity contribution is 14.1. The number of thioether (sulfide) groups is 2. The Kier molecular flexibility index (Phi) is 5.30. The van der Waals surface area contributed by atoms with E-state index in [0.29, 0.717) is 5.69 Å². The van der Waals surface area contributed by atoms with Crippen molar-refractivity contribution >= 4 is 51.8 Å². The Morgan fingerprint density at radius 3 is 2.47 bits per heavy atom. The van der Waals surface area contributed by atoms with Crippen molar-refractivity contribution in [3.8, 4) is 0 Å². The molecule has 0 spiro atoms. The average Bonchev–Trinajstić information content (AvgIpc) is 2.39. The SMILES string of the molecule is Fc1ccc(N=NC(I)=C2SCCCS2)cc1. The number of halogens is 2. The van der Waals surface area contributed by atoms with Gasteiger partial charge in [0, 0.05) is 0 Å². The lowest BCUT2D eigenvalue weighted by atomic mass is 10.3. The van der Waals surface area contributed by atoms with E-state index < -0.39 is 0 Å². The van der Waals surface area contributed by atoms with Crippen molar-refractivity contribution in [2.24, 2.45) is 10.2 Å². The van der Waals surface area contributed by atoms with E-state index >= 15 is 0 Å². The lowest BCUT2D eigenvalue weighted by Crippen LogP contribution is -1.92. The first-order valence-corrected chi connectivity index (χ1v) is 8.13. The van der Waals surface area contributed by atoms with E-state index in [-0.39, 0.29) is 5.82 Å². The fourth-order valence-electron chi connectivity index (χ4n) is 1.20. The Bertz CT molecular complexity index is 437. The Morgan fingerprint density at radius 2 is 1.82 bits per heavy atom. The molecule has 0 amide bonds. The second-order valence-electron chi connectivity index (χ2n) is 3.31. The summed E-state index contributed by atoms with van der Waals surface area (Å²) in [5.74, 6) is 2.05. The van der Waals surface area contributed by atoms with E-state index in [4.69, 9.17) is 0 Å². The Labute approximate surface area is 122 Å². The molecule has 0 aromatic heterocycles. The van der Waals surface area contributed by atoms with Crippen molar-refractivity contribution in [1.82, 2.24) is 0 Å². The third-order valence-corrected chi connectivity index (χ3v) is 6.09. The number of rotatable bonds is 2. The Balaban J connectivity index is 2.06. The lowest BCUT2D eigenvalue weighted by molar-refractivity contribution is 0.628. The highest BCUT2D eigenvalue weighted by Gasteiger charge is 2.10. The molecule has 0 N–H and O–H groups in total. The predicted octanol–water partition coefficient (Wildman–Crippen LogP) is 5.34. The molecule has 0 unspecified atom stereocenters. The van der Waals surface area contributed by atoms with Crippen LogP contribution in [-0.2, 0) is 0 Å². The molecule has 6 heteroatoms. The maximum absolute atomic E-state index is 12.7. The minimum absolute atomic E-state index is 0.254. The summed E-state index contributed by atoms with van der Waals surface area (Å²) in [7, 11) is 0. The fourth-order valence-corrected chi connectivity index (χ4v) is 4.53. The summed E-state index contributed by atoms with van der Waals surface area (Å²) >= 11 is 5.86. The summed E-state index contributed by atoms with van der Waals surface area (Å²) in [6.45, 7) is 0. The van der Waals surface area contributed by atoms with Crippen LogP contribution in [0.2, 0.25) is 0 Å². The van der Waals surface area contributed by atoms with Crippen LogP contribution < -0.4 is 0 Å². The van der Waals surface area contributed by atoms with Crippen molar-refractivity contribution in [1.29, 1.82) is 0 Å². The van der Waals surface area contributed by atoms with Gasteiger partial charge in [0.2, 0.25) is 0 Å². The van der Waals surface area contributed by atoms with Gasteiger partial charge in [0.15, 0.2) is 0 Å². The van der Waals surface area contributed by atoms with Gasteiger partial charge in [-0.05, 0) is 64.8 Å². The standard InChI is InChI=1S/C11H10FIN2S2/c12-8-2-4-9(5-3-8)14-15-10(13)11-16-6-1-7-17-11/h2-5H,1,6-7H2. The molecule has 0 bridgehead atoms. The van der Waals surface area contributed by atoms with Crippen LogP contribution in [0.1, 0.15) is 6.42 Å². The van der Waals surface area contributed by atoms with Crippen LogP contribution in [0, 0.1) is 5.82 Å². The van der Waals surface area contributed by atoms with Crippen LogP contribution in [0.5, 0.6) is 0 Å². The molecule has 1 saturated heterocycles. The number of nitrogens with zero attached hydrogens (tertiary/aromatic N) is 2. The molecular weight excluding hydrogens is 370 g/mol. The smallest absolute Gasteiger partial charge is 0.143 e. The predicted molar refractivity (Wildman–Crippen MR) is 81.5 cm³/mol. The van der Waals surface area contributed by atoms with Crippen LogP contribution in [0.3, 0.4) is 0 Å². The van der Waals surface area contributed by atoms with Gasteiger partial charge >= 0.3 is 0 Å². The zero-order chi connectivity index (χ0) is 12.1. The van der Waals surface area contributed by atoms with E-state index in [1.807, 2.05) is 23.5 Å². The van der Waals surface area contributed by atoms with E-state index in [1.54, 1.807) is 12.1 Å². The van der Waals surface area contributed by atoms with Gasteiger partial charge < -0.3 is 0 Å². The van der Waals surface area contributed by atoms with Gasteiger partial charge in [-0.2, -0.15) is 5.11 Å². The third-order valence-electron chi connectivity index (χ3n) is 2.00. The molecule has 2 rings (SSSR count). The number of hydrogen-bond acceptors (Lipinski definition) is 4. The summed E-state index contributed by atoms with van der Waals surface area (Å²) < 4.78 is 14.8. The Morgan fingerprint density at radius 1 is 1.18 bits per heavy atom. The van der Waals surface area contributed by atoms with E-state index in [9.17, 15) is 4.39 Å². The maximum Gasteiger partial charge on any atom is 0.143 e. The molecule has 0 aliphatic carbocycles. The topological polar surface area (TPSA) is 24.7 Å². The van der Waals surface area contributed by atoms with Crippen LogP contribution in [-0.4, -0.2) is 11.5 Å². The normalized spacial score (nSPS) is 16.5. The first-order chi connectivity index (χ1) is 8.25. The largest absolute Gasteiger partial charge is 0.207 e. The summed E-state index contributed by atoms with van der Waals surface area (Å²) in [6.07, 6.45) is 1.25. The summed E-state index contributed by atoms with van der Waals surface area (Å²) in [5.41, 5.74) is 0.673. The number of azo groups is 1. The molecule has 90 valence electrons. The molecule has 1 fully saturated rings. The molecular formula is C11H10FIN2S2.